The van der Waals surface area contributed by atoms with Crippen LogP contribution in [0.5, 0.6) is 0 Å². The Morgan fingerprint density at radius 1 is 1.00 bits per heavy atom. The zero-order valence-corrected chi connectivity index (χ0v) is 16.6. The Morgan fingerprint density at radius 3 is 2.39 bits per heavy atom. The fourth-order valence-corrected chi connectivity index (χ4v) is 3.36. The second kappa shape index (κ2) is 9.28. The Balaban J connectivity index is 1.66. The molecular formula is C22H21N3O2S. The van der Waals surface area contributed by atoms with E-state index in [0.29, 0.717) is 22.8 Å². The number of amides is 1. The van der Waals surface area contributed by atoms with Crippen LogP contribution in [0.2, 0.25) is 0 Å². The fraction of sp³-hybridized carbons (Fsp3) is 0.182. The largest absolute Gasteiger partial charge is 0.326 e. The number of nitrogens with one attached hydrogen (secondary N) is 1. The van der Waals surface area contributed by atoms with E-state index in [0.717, 1.165) is 17.0 Å². The highest BCUT2D eigenvalue weighted by Crippen LogP contribution is 2.22. The van der Waals surface area contributed by atoms with E-state index in [4.69, 9.17) is 0 Å². The second-order valence-corrected chi connectivity index (χ2v) is 7.18. The summed E-state index contributed by atoms with van der Waals surface area (Å²) in [5, 5.41) is 3.35. The lowest BCUT2D eigenvalue weighted by atomic mass is 10.1. The molecule has 3 rings (SSSR count). The highest BCUT2D eigenvalue weighted by molar-refractivity contribution is 7.99. The van der Waals surface area contributed by atoms with Crippen LogP contribution < -0.4 is 5.32 Å². The SMILES string of the molecule is CCC(=O)Nc1ccc(C(=O)CSc2nc(C)cc(-c3ccccc3)n2)cc1. The number of hydrogen-bond acceptors (Lipinski definition) is 5. The van der Waals surface area contributed by atoms with Gasteiger partial charge in [-0.05, 0) is 37.3 Å². The minimum Gasteiger partial charge on any atom is -0.326 e. The average molecular weight is 391 g/mol. The third-order valence-corrected chi connectivity index (χ3v) is 4.89. The van der Waals surface area contributed by atoms with Crippen molar-refractivity contribution in [3.8, 4) is 11.3 Å². The molecule has 0 radical (unpaired) electrons. The van der Waals surface area contributed by atoms with Gasteiger partial charge in [-0.3, -0.25) is 9.59 Å². The molecule has 0 unspecified atom stereocenters. The quantitative estimate of drug-likeness (QED) is 0.357. The Kier molecular flexibility index (Phi) is 6.55. The Labute approximate surface area is 168 Å². The van der Waals surface area contributed by atoms with E-state index >= 15 is 0 Å². The molecule has 0 saturated carbocycles. The first-order valence-electron chi connectivity index (χ1n) is 9.02. The first-order valence-corrected chi connectivity index (χ1v) is 10.0. The summed E-state index contributed by atoms with van der Waals surface area (Å²) in [6, 6.07) is 18.8. The fourth-order valence-electron chi connectivity index (χ4n) is 2.56. The molecule has 1 N–H and O–H groups in total. The van der Waals surface area contributed by atoms with E-state index in [1.165, 1.54) is 11.8 Å². The molecule has 0 spiro atoms. The smallest absolute Gasteiger partial charge is 0.224 e. The lowest BCUT2D eigenvalue weighted by Crippen LogP contribution is -2.10. The third-order valence-electron chi connectivity index (χ3n) is 4.05. The molecule has 2 aromatic carbocycles. The molecule has 1 amide bonds. The van der Waals surface area contributed by atoms with E-state index < -0.39 is 0 Å². The summed E-state index contributed by atoms with van der Waals surface area (Å²) in [7, 11) is 0. The molecular weight excluding hydrogens is 370 g/mol. The van der Waals surface area contributed by atoms with Gasteiger partial charge in [0.15, 0.2) is 10.9 Å². The van der Waals surface area contributed by atoms with Crippen molar-refractivity contribution in [1.82, 2.24) is 9.97 Å². The highest BCUT2D eigenvalue weighted by Gasteiger charge is 2.10. The van der Waals surface area contributed by atoms with Gasteiger partial charge in [-0.2, -0.15) is 0 Å². The summed E-state index contributed by atoms with van der Waals surface area (Å²) in [6.07, 6.45) is 0.415. The third kappa shape index (κ3) is 5.27. The van der Waals surface area contributed by atoms with Crippen LogP contribution in [0.4, 0.5) is 5.69 Å². The van der Waals surface area contributed by atoms with Gasteiger partial charge in [0.05, 0.1) is 11.4 Å². The summed E-state index contributed by atoms with van der Waals surface area (Å²) in [5.74, 6) is 0.184. The predicted molar refractivity (Wildman–Crippen MR) is 113 cm³/mol. The number of nitrogens with zero attached hydrogens (tertiary/aromatic N) is 2. The lowest BCUT2D eigenvalue weighted by molar-refractivity contribution is -0.115. The van der Waals surface area contributed by atoms with Gasteiger partial charge in [-0.15, -0.1) is 0 Å². The molecule has 142 valence electrons. The zero-order chi connectivity index (χ0) is 19.9. The maximum atomic E-state index is 12.5. The number of rotatable bonds is 7. The Bertz CT molecular complexity index is 973. The van der Waals surface area contributed by atoms with Crippen LogP contribution in [0.25, 0.3) is 11.3 Å². The molecule has 6 heteroatoms. The molecule has 0 saturated heterocycles. The van der Waals surface area contributed by atoms with Crippen molar-refractivity contribution in [2.45, 2.75) is 25.4 Å². The van der Waals surface area contributed by atoms with Crippen molar-refractivity contribution in [3.05, 3.63) is 71.9 Å². The lowest BCUT2D eigenvalue weighted by Gasteiger charge is -2.07. The predicted octanol–water partition coefficient (Wildman–Crippen LogP) is 4.78. The molecule has 3 aromatic rings. The van der Waals surface area contributed by atoms with Crippen LogP contribution in [0.3, 0.4) is 0 Å². The normalized spacial score (nSPS) is 10.5. The Morgan fingerprint density at radius 2 is 1.71 bits per heavy atom. The molecule has 5 nitrogen and oxygen atoms in total. The van der Waals surface area contributed by atoms with Crippen molar-refractivity contribution in [3.63, 3.8) is 0 Å². The van der Waals surface area contributed by atoms with Crippen molar-refractivity contribution in [2.75, 3.05) is 11.1 Å². The monoisotopic (exact) mass is 391 g/mol. The summed E-state index contributed by atoms with van der Waals surface area (Å²) < 4.78 is 0. The molecule has 1 aromatic heterocycles. The summed E-state index contributed by atoms with van der Waals surface area (Å²) in [4.78, 5) is 32.9. The summed E-state index contributed by atoms with van der Waals surface area (Å²) in [6.45, 7) is 3.71. The average Bonchev–Trinajstić information content (AvgIpc) is 2.72. The summed E-state index contributed by atoms with van der Waals surface area (Å²) >= 11 is 1.32. The van der Waals surface area contributed by atoms with Gasteiger partial charge in [0.2, 0.25) is 5.91 Å². The number of carbonyl (C=O) groups is 2. The molecule has 0 aliphatic carbocycles. The van der Waals surface area contributed by atoms with Gasteiger partial charge >= 0.3 is 0 Å². The number of aromatic nitrogens is 2. The molecule has 0 aliphatic heterocycles. The standard InChI is InChI=1S/C22H21N3O2S/c1-3-21(27)24-18-11-9-17(10-12-18)20(26)14-28-22-23-15(2)13-19(25-22)16-7-5-4-6-8-16/h4-13H,3,14H2,1-2H3,(H,24,27). The molecule has 1 heterocycles. The van der Waals surface area contributed by atoms with Crippen molar-refractivity contribution < 1.29 is 9.59 Å². The maximum Gasteiger partial charge on any atom is 0.224 e. The number of thioether (sulfide) groups is 1. The van der Waals surface area contributed by atoms with Crippen LogP contribution in [0.15, 0.2) is 65.8 Å². The van der Waals surface area contributed by atoms with Crippen LogP contribution in [0, 0.1) is 6.92 Å². The van der Waals surface area contributed by atoms with E-state index in [1.807, 2.05) is 43.3 Å². The van der Waals surface area contributed by atoms with Crippen LogP contribution in [0.1, 0.15) is 29.4 Å². The molecule has 28 heavy (non-hydrogen) atoms. The van der Waals surface area contributed by atoms with E-state index in [9.17, 15) is 9.59 Å². The number of Topliss-reactive ketones (excluding diaryl/α,β-unsaturated/α-hetero) is 1. The first-order chi connectivity index (χ1) is 13.5. The molecule has 0 bridgehead atoms. The summed E-state index contributed by atoms with van der Waals surface area (Å²) in [5.41, 5.74) is 4.01. The van der Waals surface area contributed by atoms with E-state index in [-0.39, 0.29) is 17.4 Å². The number of aryl methyl sites for hydroxylation is 1. The molecule has 0 fully saturated rings. The Hall–Kier alpha value is -2.99. The van der Waals surface area contributed by atoms with E-state index in [2.05, 4.69) is 15.3 Å². The van der Waals surface area contributed by atoms with Gasteiger partial charge < -0.3 is 5.32 Å². The first kappa shape index (κ1) is 19.8. The second-order valence-electron chi connectivity index (χ2n) is 6.23. The number of ketones is 1. The maximum absolute atomic E-state index is 12.5. The van der Waals surface area contributed by atoms with Crippen LogP contribution >= 0.6 is 11.8 Å². The minimum absolute atomic E-state index is 0.00950. The van der Waals surface area contributed by atoms with Crippen LogP contribution in [-0.4, -0.2) is 27.4 Å². The molecule has 0 atom stereocenters. The zero-order valence-electron chi connectivity index (χ0n) is 15.8. The van der Waals surface area contributed by atoms with Crippen molar-refractivity contribution >= 4 is 29.1 Å². The number of hydrogen-bond donors (Lipinski definition) is 1. The number of benzene rings is 2. The van der Waals surface area contributed by atoms with Gasteiger partial charge in [-0.25, -0.2) is 9.97 Å². The van der Waals surface area contributed by atoms with Gasteiger partial charge in [0.25, 0.3) is 0 Å². The van der Waals surface area contributed by atoms with Crippen LogP contribution in [-0.2, 0) is 4.79 Å². The van der Waals surface area contributed by atoms with Gasteiger partial charge in [-0.1, -0.05) is 49.0 Å². The van der Waals surface area contributed by atoms with Crippen molar-refractivity contribution in [2.24, 2.45) is 0 Å². The van der Waals surface area contributed by atoms with Gasteiger partial charge in [0, 0.05) is 28.9 Å². The number of carbonyl (C=O) groups excluding carboxylic acids is 2. The highest BCUT2D eigenvalue weighted by atomic mass is 32.2. The number of anilines is 1. The van der Waals surface area contributed by atoms with Gasteiger partial charge in [0.1, 0.15) is 0 Å². The topological polar surface area (TPSA) is 72.0 Å². The van der Waals surface area contributed by atoms with E-state index in [1.54, 1.807) is 31.2 Å². The molecule has 0 aliphatic rings. The van der Waals surface area contributed by atoms with Crippen molar-refractivity contribution in [1.29, 1.82) is 0 Å². The minimum atomic E-state index is -0.0551.